The third-order valence-electron chi connectivity index (χ3n) is 4.95. The number of hydrogen-bond acceptors (Lipinski definition) is 7. The molecule has 0 spiro atoms. The maximum Gasteiger partial charge on any atom is 0.306 e. The Bertz CT molecular complexity index is 1060. The van der Waals surface area contributed by atoms with E-state index in [0.29, 0.717) is 18.8 Å². The van der Waals surface area contributed by atoms with Crippen molar-refractivity contribution >= 4 is 34.4 Å². The summed E-state index contributed by atoms with van der Waals surface area (Å²) in [4.78, 5) is 25.8. The van der Waals surface area contributed by atoms with Gasteiger partial charge in [0.25, 0.3) is 0 Å². The van der Waals surface area contributed by atoms with E-state index in [4.69, 9.17) is 0 Å². The van der Waals surface area contributed by atoms with Gasteiger partial charge in [0.05, 0.1) is 15.7 Å². The Labute approximate surface area is 175 Å². The number of halogens is 1. The Morgan fingerprint density at radius 2 is 2.13 bits per heavy atom. The number of rotatable bonds is 5. The highest BCUT2D eigenvalue weighted by Crippen LogP contribution is 2.27. The van der Waals surface area contributed by atoms with E-state index in [9.17, 15) is 19.3 Å². The molecule has 4 rings (SSSR count). The van der Waals surface area contributed by atoms with E-state index in [1.165, 1.54) is 6.07 Å². The normalized spacial score (nSPS) is 16.3. The van der Waals surface area contributed by atoms with E-state index in [1.54, 1.807) is 11.3 Å². The third kappa shape index (κ3) is 4.28. The Morgan fingerprint density at radius 1 is 1.27 bits per heavy atom. The van der Waals surface area contributed by atoms with Gasteiger partial charge in [-0.05, 0) is 48.6 Å². The van der Waals surface area contributed by atoms with Gasteiger partial charge in [-0.3, -0.25) is 14.9 Å². The fraction of sp³-hybridized carbons (Fsp3) is 0.250. The zero-order valence-corrected chi connectivity index (χ0v) is 16.6. The summed E-state index contributed by atoms with van der Waals surface area (Å²) in [7, 11) is 0. The van der Waals surface area contributed by atoms with Crippen LogP contribution in [-0.4, -0.2) is 34.1 Å². The first-order valence-corrected chi connectivity index (χ1v) is 10.3. The van der Waals surface area contributed by atoms with Gasteiger partial charge in [-0.2, -0.15) is 4.39 Å². The summed E-state index contributed by atoms with van der Waals surface area (Å²) < 4.78 is 13.5. The van der Waals surface area contributed by atoms with Gasteiger partial charge in [-0.25, -0.2) is 0 Å². The lowest BCUT2D eigenvalue weighted by molar-refractivity contribution is -0.387. The van der Waals surface area contributed by atoms with E-state index in [2.05, 4.69) is 15.5 Å². The number of nitro groups is 1. The number of aromatic nitrogens is 2. The molecule has 8 nitrogen and oxygen atoms in total. The summed E-state index contributed by atoms with van der Waals surface area (Å²) in [6.07, 6.45) is 1.49. The molecule has 1 aliphatic heterocycles. The molecule has 1 aliphatic rings. The number of nitrogens with zero attached hydrogens (tertiary/aromatic N) is 4. The lowest BCUT2D eigenvalue weighted by Gasteiger charge is -2.32. The molecule has 3 aromatic rings. The second-order valence-corrected chi connectivity index (χ2v) is 7.90. The number of piperidine rings is 1. The first kappa shape index (κ1) is 19.9. The van der Waals surface area contributed by atoms with E-state index in [-0.39, 0.29) is 17.5 Å². The van der Waals surface area contributed by atoms with E-state index in [0.717, 1.165) is 35.7 Å². The van der Waals surface area contributed by atoms with Crippen LogP contribution in [0.15, 0.2) is 47.8 Å². The van der Waals surface area contributed by atoms with Crippen LogP contribution in [0.4, 0.5) is 21.6 Å². The fourth-order valence-corrected chi connectivity index (χ4v) is 4.11. The van der Waals surface area contributed by atoms with Crippen LogP contribution in [0.1, 0.15) is 12.8 Å². The van der Waals surface area contributed by atoms with Crippen molar-refractivity contribution in [3.8, 4) is 10.6 Å². The van der Waals surface area contributed by atoms with Crippen LogP contribution in [0.25, 0.3) is 10.6 Å². The van der Waals surface area contributed by atoms with Crippen LogP contribution < -0.4 is 10.2 Å². The molecular weight excluding hydrogens is 409 g/mol. The average molecular weight is 427 g/mol. The molecule has 1 amide bonds. The molecule has 0 radical (unpaired) electrons. The van der Waals surface area contributed by atoms with Gasteiger partial charge in [-0.1, -0.05) is 6.07 Å². The number of benzene rings is 1. The molecule has 0 saturated carbocycles. The average Bonchev–Trinajstić information content (AvgIpc) is 3.30. The zero-order chi connectivity index (χ0) is 21.1. The van der Waals surface area contributed by atoms with Crippen LogP contribution in [0, 0.1) is 21.8 Å². The minimum atomic E-state index is -0.939. The van der Waals surface area contributed by atoms with Gasteiger partial charge in [0.15, 0.2) is 5.82 Å². The third-order valence-corrected chi connectivity index (χ3v) is 5.84. The van der Waals surface area contributed by atoms with Gasteiger partial charge < -0.3 is 10.2 Å². The molecule has 1 saturated heterocycles. The number of carbonyl (C=O) groups excluding carboxylic acids is 1. The van der Waals surface area contributed by atoms with Gasteiger partial charge in [0, 0.05) is 24.8 Å². The van der Waals surface area contributed by atoms with E-state index < -0.39 is 16.4 Å². The SMILES string of the molecule is O=C(Nc1ccc(F)c([N+](=O)[O-])c1)C1CCCN(c2ccc(-c3cccs3)nn2)C1. The van der Waals surface area contributed by atoms with Crippen molar-refractivity contribution < 1.29 is 14.1 Å². The van der Waals surface area contributed by atoms with Crippen LogP contribution >= 0.6 is 11.3 Å². The van der Waals surface area contributed by atoms with Crippen molar-refractivity contribution in [1.82, 2.24) is 10.2 Å². The molecule has 154 valence electrons. The number of anilines is 2. The van der Waals surface area contributed by atoms with Crippen LogP contribution in [-0.2, 0) is 4.79 Å². The Kier molecular flexibility index (Phi) is 5.66. The summed E-state index contributed by atoms with van der Waals surface area (Å²) >= 11 is 1.59. The molecule has 0 bridgehead atoms. The molecule has 0 aliphatic carbocycles. The Balaban J connectivity index is 1.43. The summed E-state index contributed by atoms with van der Waals surface area (Å²) in [5.41, 5.74) is 0.336. The molecule has 1 fully saturated rings. The number of thiophene rings is 1. The fourth-order valence-electron chi connectivity index (χ4n) is 3.42. The second-order valence-electron chi connectivity index (χ2n) is 6.95. The minimum Gasteiger partial charge on any atom is -0.354 e. The van der Waals surface area contributed by atoms with Gasteiger partial charge >= 0.3 is 5.69 Å². The molecule has 30 heavy (non-hydrogen) atoms. The Morgan fingerprint density at radius 3 is 2.83 bits per heavy atom. The number of nitrogens with one attached hydrogen (secondary N) is 1. The van der Waals surface area contributed by atoms with Crippen LogP contribution in [0.3, 0.4) is 0 Å². The molecular formula is C20H18FN5O3S. The van der Waals surface area contributed by atoms with Crippen molar-refractivity contribution in [1.29, 1.82) is 0 Å². The van der Waals surface area contributed by atoms with Crippen molar-refractivity contribution in [2.24, 2.45) is 5.92 Å². The number of hydrogen-bond donors (Lipinski definition) is 1. The van der Waals surface area contributed by atoms with E-state index in [1.807, 2.05) is 34.5 Å². The quantitative estimate of drug-likeness (QED) is 0.486. The topological polar surface area (TPSA) is 101 Å². The first-order valence-electron chi connectivity index (χ1n) is 9.38. The summed E-state index contributed by atoms with van der Waals surface area (Å²) in [6, 6.07) is 11.1. The Hall–Kier alpha value is -3.40. The first-order chi connectivity index (χ1) is 14.5. The summed E-state index contributed by atoms with van der Waals surface area (Å²) in [6.45, 7) is 1.22. The number of nitro benzene ring substituents is 1. The highest BCUT2D eigenvalue weighted by molar-refractivity contribution is 7.13. The van der Waals surface area contributed by atoms with Gasteiger partial charge in [0.2, 0.25) is 11.7 Å². The van der Waals surface area contributed by atoms with Crippen LogP contribution in [0.5, 0.6) is 0 Å². The monoisotopic (exact) mass is 427 g/mol. The standard InChI is InChI=1S/C20H18FN5O3S/c21-15-6-5-14(11-17(15)26(28)29)22-20(27)13-3-1-9-25(12-13)19-8-7-16(23-24-19)18-4-2-10-30-18/h2,4-8,10-11,13H,1,3,9,12H2,(H,22,27). The van der Waals surface area contributed by atoms with E-state index >= 15 is 0 Å². The molecule has 2 aromatic heterocycles. The highest BCUT2D eigenvalue weighted by Gasteiger charge is 2.27. The van der Waals surface area contributed by atoms with Gasteiger partial charge in [-0.15, -0.1) is 21.5 Å². The second kappa shape index (κ2) is 8.54. The van der Waals surface area contributed by atoms with Gasteiger partial charge in [0.1, 0.15) is 5.69 Å². The zero-order valence-electron chi connectivity index (χ0n) is 15.8. The lowest BCUT2D eigenvalue weighted by Crippen LogP contribution is -2.41. The largest absolute Gasteiger partial charge is 0.354 e. The smallest absolute Gasteiger partial charge is 0.306 e. The van der Waals surface area contributed by atoms with Crippen molar-refractivity contribution in [2.75, 3.05) is 23.3 Å². The van der Waals surface area contributed by atoms with Crippen LogP contribution in [0.2, 0.25) is 0 Å². The summed E-state index contributed by atoms with van der Waals surface area (Å²) in [5.74, 6) is -0.818. The minimum absolute atomic E-state index is 0.199. The summed E-state index contributed by atoms with van der Waals surface area (Å²) in [5, 5.41) is 24.1. The van der Waals surface area contributed by atoms with Crippen molar-refractivity contribution in [3.63, 3.8) is 0 Å². The number of carbonyl (C=O) groups is 1. The number of amides is 1. The molecule has 1 atom stereocenters. The predicted octanol–water partition coefficient (Wildman–Crippen LogP) is 4.11. The molecule has 1 unspecified atom stereocenters. The molecule has 3 heterocycles. The molecule has 10 heteroatoms. The highest BCUT2D eigenvalue weighted by atomic mass is 32.1. The molecule has 1 N–H and O–H groups in total. The molecule has 1 aromatic carbocycles. The van der Waals surface area contributed by atoms with Crippen molar-refractivity contribution in [2.45, 2.75) is 12.8 Å². The lowest BCUT2D eigenvalue weighted by atomic mass is 9.97. The van der Waals surface area contributed by atoms with Crippen molar-refractivity contribution in [3.05, 3.63) is 63.8 Å². The predicted molar refractivity (Wildman–Crippen MR) is 112 cm³/mol. The maximum absolute atomic E-state index is 13.5. The maximum atomic E-state index is 13.5.